The Morgan fingerprint density at radius 2 is 1.32 bits per heavy atom. The fourth-order valence-electron chi connectivity index (χ4n) is 3.78. The molecule has 5 N–H and O–H groups in total. The van der Waals surface area contributed by atoms with Crippen LogP contribution in [0.3, 0.4) is 0 Å². The summed E-state index contributed by atoms with van der Waals surface area (Å²) in [4.78, 5) is 43.1. The first-order valence-electron chi connectivity index (χ1n) is 9.75. The van der Waals surface area contributed by atoms with Crippen molar-refractivity contribution in [3.63, 3.8) is 0 Å². The number of rotatable bonds is 8. The van der Waals surface area contributed by atoms with Gasteiger partial charge in [-0.15, -0.1) is 0 Å². The summed E-state index contributed by atoms with van der Waals surface area (Å²) in [5, 5.41) is 48.0. The molecule has 172 valence electrons. The van der Waals surface area contributed by atoms with Crippen molar-refractivity contribution in [1.82, 2.24) is 19.7 Å². The molecule has 2 rings (SSSR count). The molecule has 0 spiro atoms. The zero-order chi connectivity index (χ0) is 23.0. The summed E-state index contributed by atoms with van der Waals surface area (Å²) >= 11 is 0. The van der Waals surface area contributed by atoms with Crippen LogP contribution in [0.25, 0.3) is 0 Å². The maximum Gasteiger partial charge on any atom is 0.317 e. The van der Waals surface area contributed by atoms with Crippen molar-refractivity contribution in [3.8, 4) is 0 Å². The molecular weight excluding hydrogens is 412 g/mol. The van der Waals surface area contributed by atoms with Gasteiger partial charge in [-0.1, -0.05) is 6.07 Å². The third-order valence-electron chi connectivity index (χ3n) is 5.11. The van der Waals surface area contributed by atoms with Gasteiger partial charge in [0.25, 0.3) is 0 Å². The molecule has 0 aromatic carbocycles. The van der Waals surface area contributed by atoms with E-state index in [1.165, 1.54) is 9.80 Å². The van der Waals surface area contributed by atoms with Crippen molar-refractivity contribution >= 4 is 17.9 Å². The third-order valence-corrected chi connectivity index (χ3v) is 5.11. The van der Waals surface area contributed by atoms with Gasteiger partial charge in [0.1, 0.15) is 0 Å². The lowest BCUT2D eigenvalue weighted by atomic mass is 10.0. The van der Waals surface area contributed by atoms with Gasteiger partial charge < -0.3 is 25.5 Å². The molecule has 0 saturated heterocycles. The molecule has 12 nitrogen and oxygen atoms in total. The van der Waals surface area contributed by atoms with Crippen LogP contribution in [0.15, 0.2) is 18.2 Å². The van der Waals surface area contributed by atoms with Crippen LogP contribution in [0.1, 0.15) is 11.4 Å². The average molecular weight is 440 g/mol. The Morgan fingerprint density at radius 1 is 0.806 bits per heavy atom. The molecule has 31 heavy (non-hydrogen) atoms. The van der Waals surface area contributed by atoms with Crippen LogP contribution in [0, 0.1) is 0 Å². The second-order valence-corrected chi connectivity index (χ2v) is 7.39. The van der Waals surface area contributed by atoms with E-state index in [4.69, 9.17) is 0 Å². The first-order chi connectivity index (χ1) is 14.7. The maximum atomic E-state index is 11.5. The summed E-state index contributed by atoms with van der Waals surface area (Å²) in [6, 6.07) is 3.35. The van der Waals surface area contributed by atoms with Crippen molar-refractivity contribution in [3.05, 3.63) is 29.6 Å². The highest BCUT2D eigenvalue weighted by Crippen LogP contribution is 2.17. The predicted molar refractivity (Wildman–Crippen MR) is 106 cm³/mol. The van der Waals surface area contributed by atoms with Crippen LogP contribution in [-0.2, 0) is 27.5 Å². The summed E-state index contributed by atoms with van der Waals surface area (Å²) < 4.78 is 0. The van der Waals surface area contributed by atoms with E-state index in [9.17, 15) is 39.9 Å². The Bertz CT molecular complexity index is 777. The van der Waals surface area contributed by atoms with Crippen molar-refractivity contribution in [2.75, 3.05) is 45.9 Å². The molecule has 2 unspecified atom stereocenters. The van der Waals surface area contributed by atoms with Crippen molar-refractivity contribution in [2.24, 2.45) is 0 Å². The standard InChI is InChI=1S/C19H28N4O8/c24-11-15-16(12-25)23(10-19(30)31)7-14-3-1-2-13(20-14)6-21(8-17(26)27)4-5-22(15)9-18(28)29/h1-3,15-16,24-25H,4-12H2,(H,26,27)(H,28,29)(H,30,31). The SMILES string of the molecule is O=C(O)CN1CCN(CC(=O)O)C(CO)C(CO)N(CC(=O)O)Cc2cccc(n2)C1. The van der Waals surface area contributed by atoms with Crippen LogP contribution < -0.4 is 0 Å². The number of carbonyl (C=O) groups is 3. The number of aromatic nitrogens is 1. The fraction of sp³-hybridized carbons (Fsp3) is 0.579. The van der Waals surface area contributed by atoms with E-state index in [2.05, 4.69) is 4.98 Å². The van der Waals surface area contributed by atoms with Gasteiger partial charge in [-0.3, -0.25) is 34.1 Å². The van der Waals surface area contributed by atoms with E-state index in [0.717, 1.165) is 0 Å². The zero-order valence-corrected chi connectivity index (χ0v) is 17.0. The van der Waals surface area contributed by atoms with Gasteiger partial charge in [0.05, 0.1) is 56.3 Å². The Labute approximate surface area is 178 Å². The fourth-order valence-corrected chi connectivity index (χ4v) is 3.78. The Hall–Kier alpha value is -2.64. The number of aliphatic hydroxyl groups is 2. The van der Waals surface area contributed by atoms with Crippen LogP contribution in [0.4, 0.5) is 0 Å². The highest BCUT2D eigenvalue weighted by atomic mass is 16.4. The van der Waals surface area contributed by atoms with Crippen LogP contribution in [0.2, 0.25) is 0 Å². The van der Waals surface area contributed by atoms with Crippen molar-refractivity contribution < 1.29 is 39.9 Å². The minimum Gasteiger partial charge on any atom is -0.480 e. The van der Waals surface area contributed by atoms with E-state index in [0.29, 0.717) is 11.4 Å². The molecule has 0 fully saturated rings. The summed E-state index contributed by atoms with van der Waals surface area (Å²) in [5.41, 5.74) is 1.09. The number of aliphatic hydroxyl groups excluding tert-OH is 2. The Kier molecular flexibility index (Phi) is 9.27. The minimum atomic E-state index is -1.16. The summed E-state index contributed by atoms with van der Waals surface area (Å²) in [6.07, 6.45) is 0. The molecule has 2 atom stereocenters. The van der Waals surface area contributed by atoms with Crippen LogP contribution >= 0.6 is 0 Å². The van der Waals surface area contributed by atoms with E-state index in [-0.39, 0.29) is 32.7 Å². The number of hydrogen-bond donors (Lipinski definition) is 5. The van der Waals surface area contributed by atoms with E-state index in [1.54, 1.807) is 23.1 Å². The first-order valence-corrected chi connectivity index (χ1v) is 9.75. The van der Waals surface area contributed by atoms with Crippen molar-refractivity contribution in [1.29, 1.82) is 0 Å². The van der Waals surface area contributed by atoms with Gasteiger partial charge in [0.15, 0.2) is 0 Å². The third kappa shape index (κ3) is 7.52. The number of carboxylic acid groups (broad SMARTS) is 3. The average Bonchev–Trinajstić information content (AvgIpc) is 2.67. The van der Waals surface area contributed by atoms with Crippen molar-refractivity contribution in [2.45, 2.75) is 25.2 Å². The summed E-state index contributed by atoms with van der Waals surface area (Å²) in [7, 11) is 0. The molecule has 2 bridgehead atoms. The minimum absolute atomic E-state index is 0.0434. The zero-order valence-electron chi connectivity index (χ0n) is 17.0. The monoisotopic (exact) mass is 440 g/mol. The number of pyridine rings is 1. The normalized spacial score (nSPS) is 21.7. The first kappa shape index (κ1) is 24.6. The number of aliphatic carboxylic acids is 3. The van der Waals surface area contributed by atoms with Gasteiger partial charge in [-0.2, -0.15) is 0 Å². The molecule has 0 radical (unpaired) electrons. The second-order valence-electron chi connectivity index (χ2n) is 7.39. The second kappa shape index (κ2) is 11.7. The number of carboxylic acids is 3. The maximum absolute atomic E-state index is 11.5. The molecular formula is C19H28N4O8. The van der Waals surface area contributed by atoms with Gasteiger partial charge in [-0.05, 0) is 12.1 Å². The molecule has 2 heterocycles. The van der Waals surface area contributed by atoms with Crippen LogP contribution in [-0.4, -0.2) is 121 Å². The van der Waals surface area contributed by atoms with E-state index in [1.807, 2.05) is 0 Å². The smallest absolute Gasteiger partial charge is 0.317 e. The van der Waals surface area contributed by atoms with E-state index >= 15 is 0 Å². The molecule has 1 aromatic heterocycles. The molecule has 12 heteroatoms. The Balaban J connectivity index is 2.49. The van der Waals surface area contributed by atoms with Gasteiger partial charge in [0, 0.05) is 26.2 Å². The lowest BCUT2D eigenvalue weighted by Crippen LogP contribution is -2.58. The molecule has 0 aliphatic carbocycles. The highest BCUT2D eigenvalue weighted by molar-refractivity contribution is 5.70. The van der Waals surface area contributed by atoms with E-state index < -0.39 is 56.3 Å². The summed E-state index contributed by atoms with van der Waals surface area (Å²) in [5.74, 6) is -3.35. The van der Waals surface area contributed by atoms with Gasteiger partial charge in [-0.25, -0.2) is 0 Å². The number of hydrogen-bond acceptors (Lipinski definition) is 9. The Morgan fingerprint density at radius 3 is 1.87 bits per heavy atom. The van der Waals surface area contributed by atoms with Crippen LogP contribution in [0.5, 0.6) is 0 Å². The number of nitrogens with zero attached hydrogens (tertiary/aromatic N) is 4. The highest BCUT2D eigenvalue weighted by Gasteiger charge is 2.34. The molecule has 1 aromatic rings. The molecule has 0 amide bonds. The molecule has 0 saturated carbocycles. The van der Waals surface area contributed by atoms with Gasteiger partial charge >= 0.3 is 17.9 Å². The lowest BCUT2D eigenvalue weighted by molar-refractivity contribution is -0.143. The largest absolute Gasteiger partial charge is 0.480 e. The lowest BCUT2D eigenvalue weighted by Gasteiger charge is -2.40. The number of fused-ring (bicyclic) bond motifs is 2. The quantitative estimate of drug-likeness (QED) is 0.300. The molecule has 1 aliphatic rings. The van der Waals surface area contributed by atoms with Gasteiger partial charge in [0.2, 0.25) is 0 Å². The predicted octanol–water partition coefficient (Wildman–Crippen LogP) is -2.02. The molecule has 1 aliphatic heterocycles. The topological polar surface area (TPSA) is 175 Å². The summed E-state index contributed by atoms with van der Waals surface area (Å²) in [6.45, 7) is -1.75.